The summed E-state index contributed by atoms with van der Waals surface area (Å²) in [4.78, 5) is 0. The second kappa shape index (κ2) is 7.36. The van der Waals surface area contributed by atoms with Crippen LogP contribution in [0.3, 0.4) is 0 Å². The third-order valence-electron chi connectivity index (χ3n) is 3.26. The molecule has 106 valence electrons. The van der Waals surface area contributed by atoms with E-state index < -0.39 is 0 Å². The zero-order valence-corrected chi connectivity index (χ0v) is 11.8. The lowest BCUT2D eigenvalue weighted by atomic mass is 10.1. The average Bonchev–Trinajstić information content (AvgIpc) is 3.26. The summed E-state index contributed by atoms with van der Waals surface area (Å²) in [6.45, 7) is 2.42. The predicted octanol–water partition coefficient (Wildman–Crippen LogP) is 2.01. The van der Waals surface area contributed by atoms with E-state index in [2.05, 4.69) is 5.32 Å². The fourth-order valence-electron chi connectivity index (χ4n) is 1.98. The van der Waals surface area contributed by atoms with Crippen molar-refractivity contribution >= 4 is 0 Å². The summed E-state index contributed by atoms with van der Waals surface area (Å²) in [7, 11) is 3.36. The van der Waals surface area contributed by atoms with Crippen molar-refractivity contribution < 1.29 is 14.2 Å². The summed E-state index contributed by atoms with van der Waals surface area (Å²) >= 11 is 0. The van der Waals surface area contributed by atoms with E-state index in [0.717, 1.165) is 42.7 Å². The van der Waals surface area contributed by atoms with Crippen LogP contribution >= 0.6 is 0 Å². The maximum atomic E-state index is 5.63. The zero-order valence-electron chi connectivity index (χ0n) is 11.8. The Morgan fingerprint density at radius 2 is 2.00 bits per heavy atom. The van der Waals surface area contributed by atoms with E-state index in [1.165, 1.54) is 12.8 Å². The van der Waals surface area contributed by atoms with Crippen LogP contribution in [-0.4, -0.2) is 40.0 Å². The van der Waals surface area contributed by atoms with Crippen molar-refractivity contribution in [2.24, 2.45) is 0 Å². The number of hydrogen-bond donors (Lipinski definition) is 1. The Kier molecular flexibility index (Phi) is 5.48. The van der Waals surface area contributed by atoms with Gasteiger partial charge in [-0.3, -0.25) is 0 Å². The SMILES string of the molecule is COc1ccc(OC)c(CCOCCNC2CC2)c1. The lowest BCUT2D eigenvalue weighted by Gasteiger charge is -2.11. The molecule has 1 fully saturated rings. The fraction of sp³-hybridized carbons (Fsp3) is 0.600. The number of ether oxygens (including phenoxy) is 3. The van der Waals surface area contributed by atoms with Crippen molar-refractivity contribution in [3.63, 3.8) is 0 Å². The van der Waals surface area contributed by atoms with Crippen LogP contribution in [0.4, 0.5) is 0 Å². The third-order valence-corrected chi connectivity index (χ3v) is 3.26. The number of benzene rings is 1. The Hall–Kier alpha value is -1.26. The van der Waals surface area contributed by atoms with Crippen LogP contribution in [0.25, 0.3) is 0 Å². The first kappa shape index (κ1) is 14.2. The van der Waals surface area contributed by atoms with Gasteiger partial charge in [-0.05, 0) is 37.5 Å². The van der Waals surface area contributed by atoms with Crippen molar-refractivity contribution in [1.29, 1.82) is 0 Å². The topological polar surface area (TPSA) is 39.7 Å². The number of nitrogens with one attached hydrogen (secondary N) is 1. The molecule has 0 spiro atoms. The van der Waals surface area contributed by atoms with Gasteiger partial charge in [0.05, 0.1) is 27.4 Å². The van der Waals surface area contributed by atoms with Crippen LogP contribution < -0.4 is 14.8 Å². The molecule has 0 aliphatic heterocycles. The Morgan fingerprint density at radius 3 is 2.68 bits per heavy atom. The van der Waals surface area contributed by atoms with Crippen molar-refractivity contribution in [2.75, 3.05) is 34.0 Å². The maximum Gasteiger partial charge on any atom is 0.122 e. The summed E-state index contributed by atoms with van der Waals surface area (Å²) in [6, 6.07) is 6.60. The average molecular weight is 265 g/mol. The highest BCUT2D eigenvalue weighted by Gasteiger charge is 2.19. The molecule has 1 aromatic rings. The van der Waals surface area contributed by atoms with Crippen LogP contribution in [0.1, 0.15) is 18.4 Å². The molecule has 0 unspecified atom stereocenters. The standard InChI is InChI=1S/C15H23NO3/c1-17-14-5-6-15(18-2)12(11-14)7-9-19-10-8-16-13-3-4-13/h5-6,11,13,16H,3-4,7-10H2,1-2H3. The molecule has 1 saturated carbocycles. The Balaban J connectivity index is 1.70. The van der Waals surface area contributed by atoms with Crippen molar-refractivity contribution in [3.8, 4) is 11.5 Å². The van der Waals surface area contributed by atoms with Gasteiger partial charge in [0, 0.05) is 18.2 Å². The first-order valence-corrected chi connectivity index (χ1v) is 6.85. The van der Waals surface area contributed by atoms with Gasteiger partial charge in [-0.2, -0.15) is 0 Å². The normalized spacial score (nSPS) is 14.4. The molecule has 1 N–H and O–H groups in total. The van der Waals surface area contributed by atoms with Gasteiger partial charge >= 0.3 is 0 Å². The van der Waals surface area contributed by atoms with Crippen molar-refractivity contribution in [3.05, 3.63) is 23.8 Å². The van der Waals surface area contributed by atoms with Gasteiger partial charge < -0.3 is 19.5 Å². The molecule has 19 heavy (non-hydrogen) atoms. The molecule has 0 saturated heterocycles. The highest BCUT2D eigenvalue weighted by atomic mass is 16.5. The van der Waals surface area contributed by atoms with E-state index in [1.807, 2.05) is 18.2 Å². The predicted molar refractivity (Wildman–Crippen MR) is 75.1 cm³/mol. The zero-order chi connectivity index (χ0) is 13.5. The van der Waals surface area contributed by atoms with Crippen LogP contribution in [0, 0.1) is 0 Å². The molecule has 1 aliphatic carbocycles. The van der Waals surface area contributed by atoms with Gasteiger partial charge in [-0.25, -0.2) is 0 Å². The molecule has 0 heterocycles. The number of methoxy groups -OCH3 is 2. The number of hydrogen-bond acceptors (Lipinski definition) is 4. The van der Waals surface area contributed by atoms with Gasteiger partial charge in [-0.1, -0.05) is 0 Å². The number of rotatable bonds is 9. The quantitative estimate of drug-likeness (QED) is 0.693. The molecule has 4 heteroatoms. The van der Waals surface area contributed by atoms with Gasteiger partial charge in [0.15, 0.2) is 0 Å². The Bertz CT molecular complexity index is 391. The van der Waals surface area contributed by atoms with Crippen molar-refractivity contribution in [1.82, 2.24) is 5.32 Å². The summed E-state index contributed by atoms with van der Waals surface area (Å²) in [5.74, 6) is 1.74. The van der Waals surface area contributed by atoms with Gasteiger partial charge in [0.1, 0.15) is 11.5 Å². The maximum absolute atomic E-state index is 5.63. The van der Waals surface area contributed by atoms with Crippen LogP contribution in [0.2, 0.25) is 0 Å². The first-order chi connectivity index (χ1) is 9.33. The van der Waals surface area contributed by atoms with E-state index in [0.29, 0.717) is 6.61 Å². The Labute approximate surface area is 115 Å². The largest absolute Gasteiger partial charge is 0.497 e. The molecular weight excluding hydrogens is 242 g/mol. The monoisotopic (exact) mass is 265 g/mol. The summed E-state index contributed by atoms with van der Waals surface area (Å²) in [5, 5.41) is 3.43. The lowest BCUT2D eigenvalue weighted by molar-refractivity contribution is 0.138. The van der Waals surface area contributed by atoms with Gasteiger partial charge in [-0.15, -0.1) is 0 Å². The van der Waals surface area contributed by atoms with Crippen molar-refractivity contribution in [2.45, 2.75) is 25.3 Å². The highest BCUT2D eigenvalue weighted by Crippen LogP contribution is 2.24. The summed E-state index contributed by atoms with van der Waals surface area (Å²) in [5.41, 5.74) is 1.12. The second-order valence-electron chi connectivity index (χ2n) is 4.77. The molecule has 0 radical (unpaired) electrons. The second-order valence-corrected chi connectivity index (χ2v) is 4.77. The minimum atomic E-state index is 0.704. The molecule has 2 rings (SSSR count). The molecule has 4 nitrogen and oxygen atoms in total. The van der Waals surface area contributed by atoms with E-state index in [1.54, 1.807) is 14.2 Å². The lowest BCUT2D eigenvalue weighted by Crippen LogP contribution is -2.22. The summed E-state index contributed by atoms with van der Waals surface area (Å²) in [6.07, 6.45) is 3.48. The van der Waals surface area contributed by atoms with E-state index in [4.69, 9.17) is 14.2 Å². The molecule has 0 amide bonds. The van der Waals surface area contributed by atoms with Crippen LogP contribution in [0.15, 0.2) is 18.2 Å². The first-order valence-electron chi connectivity index (χ1n) is 6.85. The van der Waals surface area contributed by atoms with Crippen LogP contribution in [0.5, 0.6) is 11.5 Å². The van der Waals surface area contributed by atoms with E-state index >= 15 is 0 Å². The van der Waals surface area contributed by atoms with Gasteiger partial charge in [0.25, 0.3) is 0 Å². The van der Waals surface area contributed by atoms with E-state index in [-0.39, 0.29) is 0 Å². The Morgan fingerprint density at radius 1 is 1.16 bits per heavy atom. The molecule has 1 aromatic carbocycles. The minimum Gasteiger partial charge on any atom is -0.497 e. The smallest absolute Gasteiger partial charge is 0.122 e. The van der Waals surface area contributed by atoms with E-state index in [9.17, 15) is 0 Å². The van der Waals surface area contributed by atoms with Crippen LogP contribution in [-0.2, 0) is 11.2 Å². The molecule has 0 aromatic heterocycles. The highest BCUT2D eigenvalue weighted by molar-refractivity contribution is 5.40. The molecule has 0 bridgehead atoms. The fourth-order valence-corrected chi connectivity index (χ4v) is 1.98. The minimum absolute atomic E-state index is 0.704. The van der Waals surface area contributed by atoms with Gasteiger partial charge in [0.2, 0.25) is 0 Å². The molecule has 0 atom stereocenters. The summed E-state index contributed by atoms with van der Waals surface area (Å²) < 4.78 is 16.2. The molecular formula is C15H23NO3. The molecule has 1 aliphatic rings. The third kappa shape index (κ3) is 4.73.